The fraction of sp³-hybridized carbons (Fsp3) is 0.750. The summed E-state index contributed by atoms with van der Waals surface area (Å²) in [5.41, 5.74) is 5.38. The Hall–Kier alpha value is -1.43. The lowest BCUT2D eigenvalue weighted by Crippen LogP contribution is -2.46. The summed E-state index contributed by atoms with van der Waals surface area (Å²) < 4.78 is 0. The average molecular weight is 257 g/mol. The molecule has 1 atom stereocenters. The van der Waals surface area contributed by atoms with Crippen molar-refractivity contribution in [2.45, 2.75) is 45.6 Å². The lowest BCUT2D eigenvalue weighted by atomic mass is 10.1. The Morgan fingerprint density at radius 2 is 1.83 bits per heavy atom. The van der Waals surface area contributed by atoms with Gasteiger partial charge in [0.15, 0.2) is 0 Å². The molecule has 0 aliphatic rings. The van der Waals surface area contributed by atoms with Crippen LogP contribution in [0.2, 0.25) is 0 Å². The van der Waals surface area contributed by atoms with Crippen molar-refractivity contribution in [3.05, 3.63) is 0 Å². The first-order chi connectivity index (χ1) is 8.47. The van der Waals surface area contributed by atoms with Crippen LogP contribution in [-0.4, -0.2) is 36.7 Å². The maximum Gasteiger partial charge on any atom is 0.242 e. The van der Waals surface area contributed by atoms with Gasteiger partial charge in [-0.3, -0.25) is 14.4 Å². The van der Waals surface area contributed by atoms with Gasteiger partial charge in [0.2, 0.25) is 11.8 Å². The molecule has 0 heterocycles. The molecule has 0 saturated heterocycles. The Morgan fingerprint density at radius 1 is 1.17 bits per heavy atom. The first kappa shape index (κ1) is 16.6. The Balaban J connectivity index is 4.12. The van der Waals surface area contributed by atoms with Gasteiger partial charge in [-0.2, -0.15) is 0 Å². The predicted octanol–water partition coefficient (Wildman–Crippen LogP) is -0.285. The van der Waals surface area contributed by atoms with E-state index in [-0.39, 0.29) is 17.6 Å². The zero-order valence-electron chi connectivity index (χ0n) is 11.1. The molecule has 1 unspecified atom stereocenters. The Kier molecular flexibility index (Phi) is 8.82. The topological polar surface area (TPSA) is 101 Å². The molecule has 0 rings (SSSR count). The molecule has 104 valence electrons. The van der Waals surface area contributed by atoms with Gasteiger partial charge in [0.05, 0.1) is 0 Å². The van der Waals surface area contributed by atoms with Crippen molar-refractivity contribution >= 4 is 17.6 Å². The highest BCUT2D eigenvalue weighted by molar-refractivity contribution is 5.87. The van der Waals surface area contributed by atoms with Crippen LogP contribution in [0.4, 0.5) is 0 Å². The van der Waals surface area contributed by atoms with Crippen LogP contribution in [0.3, 0.4) is 0 Å². The van der Waals surface area contributed by atoms with E-state index in [1.165, 1.54) is 13.8 Å². The summed E-state index contributed by atoms with van der Waals surface area (Å²) in [6.45, 7) is 3.72. The maximum absolute atomic E-state index is 11.8. The Bertz CT molecular complexity index is 292. The number of hydrogen-bond donors (Lipinski definition) is 3. The van der Waals surface area contributed by atoms with Gasteiger partial charge in [-0.1, -0.05) is 0 Å². The molecule has 4 N–H and O–H groups in total. The number of carbonyl (C=O) groups is 3. The van der Waals surface area contributed by atoms with Gasteiger partial charge in [0.25, 0.3) is 0 Å². The van der Waals surface area contributed by atoms with Crippen LogP contribution in [-0.2, 0) is 14.4 Å². The summed E-state index contributed by atoms with van der Waals surface area (Å²) in [7, 11) is 0. The second-order valence-corrected chi connectivity index (χ2v) is 4.28. The number of hydrogen-bond acceptors (Lipinski definition) is 4. The molecule has 0 aromatic rings. The van der Waals surface area contributed by atoms with Gasteiger partial charge >= 0.3 is 0 Å². The number of nitrogens with one attached hydrogen (secondary N) is 2. The van der Waals surface area contributed by atoms with E-state index in [0.717, 1.165) is 12.8 Å². The minimum absolute atomic E-state index is 0.0227. The van der Waals surface area contributed by atoms with Crippen molar-refractivity contribution in [2.24, 2.45) is 5.73 Å². The lowest BCUT2D eigenvalue weighted by Gasteiger charge is -2.17. The summed E-state index contributed by atoms with van der Waals surface area (Å²) in [6.07, 6.45) is 2.46. The van der Waals surface area contributed by atoms with E-state index in [2.05, 4.69) is 10.6 Å². The van der Waals surface area contributed by atoms with E-state index in [9.17, 15) is 14.4 Å². The summed E-state index contributed by atoms with van der Waals surface area (Å²) in [5.74, 6) is -0.465. The normalized spacial score (nSPS) is 11.7. The van der Waals surface area contributed by atoms with Crippen LogP contribution >= 0.6 is 0 Å². The molecule has 0 aromatic heterocycles. The third kappa shape index (κ3) is 8.69. The molecule has 6 nitrogen and oxygen atoms in total. The van der Waals surface area contributed by atoms with Crippen LogP contribution in [0.5, 0.6) is 0 Å². The van der Waals surface area contributed by atoms with Gasteiger partial charge in [-0.15, -0.1) is 0 Å². The zero-order valence-corrected chi connectivity index (χ0v) is 11.1. The van der Waals surface area contributed by atoms with Gasteiger partial charge in [0.1, 0.15) is 11.8 Å². The number of carbonyl (C=O) groups excluding carboxylic acids is 3. The van der Waals surface area contributed by atoms with Crippen LogP contribution in [0.1, 0.15) is 39.5 Å². The Labute approximate surface area is 108 Å². The molecule has 0 aliphatic heterocycles. The van der Waals surface area contributed by atoms with Gasteiger partial charge in [-0.05, 0) is 32.7 Å². The summed E-state index contributed by atoms with van der Waals surface area (Å²) in [6, 6.07) is -0.541. The number of amides is 2. The van der Waals surface area contributed by atoms with Gasteiger partial charge < -0.3 is 16.4 Å². The third-order valence-electron chi connectivity index (χ3n) is 2.42. The summed E-state index contributed by atoms with van der Waals surface area (Å²) in [4.78, 5) is 33.5. The first-order valence-electron chi connectivity index (χ1n) is 6.21. The van der Waals surface area contributed by atoms with Crippen LogP contribution < -0.4 is 16.4 Å². The standard InChI is InChI=1S/C12H23N3O3/c1-9(16)6-8-14-12(18)11(15-10(2)17)5-3-4-7-13/h11H,3-8,13H2,1-2H3,(H,14,18)(H,15,17). The molecule has 0 bridgehead atoms. The van der Waals surface area contributed by atoms with E-state index in [1.807, 2.05) is 0 Å². The van der Waals surface area contributed by atoms with E-state index in [4.69, 9.17) is 5.73 Å². The average Bonchev–Trinajstić information content (AvgIpc) is 2.26. The van der Waals surface area contributed by atoms with E-state index in [0.29, 0.717) is 25.9 Å². The van der Waals surface area contributed by atoms with Crippen molar-refractivity contribution in [1.82, 2.24) is 10.6 Å². The predicted molar refractivity (Wildman–Crippen MR) is 68.8 cm³/mol. The van der Waals surface area contributed by atoms with Crippen LogP contribution in [0.25, 0.3) is 0 Å². The van der Waals surface area contributed by atoms with Crippen molar-refractivity contribution < 1.29 is 14.4 Å². The summed E-state index contributed by atoms with van der Waals surface area (Å²) in [5, 5.41) is 5.24. The first-order valence-corrected chi connectivity index (χ1v) is 6.21. The molecule has 0 spiro atoms. The molecule has 6 heteroatoms. The molecule has 0 radical (unpaired) electrons. The molecule has 2 amide bonds. The van der Waals surface area contributed by atoms with Crippen molar-refractivity contribution in [1.29, 1.82) is 0 Å². The van der Waals surface area contributed by atoms with E-state index < -0.39 is 6.04 Å². The summed E-state index contributed by atoms with van der Waals surface area (Å²) >= 11 is 0. The monoisotopic (exact) mass is 257 g/mol. The number of rotatable bonds is 9. The molecule has 0 aliphatic carbocycles. The number of Topliss-reactive ketones (excluding diaryl/α,β-unsaturated/α-hetero) is 1. The van der Waals surface area contributed by atoms with Crippen LogP contribution in [0, 0.1) is 0 Å². The second kappa shape index (κ2) is 9.58. The lowest BCUT2D eigenvalue weighted by molar-refractivity contribution is -0.128. The van der Waals surface area contributed by atoms with Gasteiger partial charge in [0, 0.05) is 19.9 Å². The highest BCUT2D eigenvalue weighted by atomic mass is 16.2. The van der Waals surface area contributed by atoms with Crippen LogP contribution in [0.15, 0.2) is 0 Å². The zero-order chi connectivity index (χ0) is 14.0. The molecule has 0 saturated carbocycles. The minimum Gasteiger partial charge on any atom is -0.354 e. The second-order valence-electron chi connectivity index (χ2n) is 4.28. The number of nitrogens with two attached hydrogens (primary N) is 1. The SMILES string of the molecule is CC(=O)CCNC(=O)C(CCCCN)NC(C)=O. The Morgan fingerprint density at radius 3 is 2.33 bits per heavy atom. The minimum atomic E-state index is -0.541. The van der Waals surface area contributed by atoms with E-state index in [1.54, 1.807) is 0 Å². The highest BCUT2D eigenvalue weighted by Crippen LogP contribution is 2.01. The number of unbranched alkanes of at least 4 members (excludes halogenated alkanes) is 1. The van der Waals surface area contributed by atoms with Gasteiger partial charge in [-0.25, -0.2) is 0 Å². The quantitative estimate of drug-likeness (QED) is 0.494. The largest absolute Gasteiger partial charge is 0.354 e. The maximum atomic E-state index is 11.8. The molecular formula is C12H23N3O3. The number of ketones is 1. The highest BCUT2D eigenvalue weighted by Gasteiger charge is 2.18. The van der Waals surface area contributed by atoms with Crippen molar-refractivity contribution in [2.75, 3.05) is 13.1 Å². The smallest absolute Gasteiger partial charge is 0.242 e. The molecular weight excluding hydrogens is 234 g/mol. The fourth-order valence-electron chi connectivity index (χ4n) is 1.49. The molecule has 0 fully saturated rings. The third-order valence-corrected chi connectivity index (χ3v) is 2.42. The fourth-order valence-corrected chi connectivity index (χ4v) is 1.49. The molecule has 0 aromatic carbocycles. The van der Waals surface area contributed by atoms with E-state index >= 15 is 0 Å². The van der Waals surface area contributed by atoms with Crippen molar-refractivity contribution in [3.8, 4) is 0 Å². The molecule has 18 heavy (non-hydrogen) atoms. The van der Waals surface area contributed by atoms with Crippen molar-refractivity contribution in [3.63, 3.8) is 0 Å².